The van der Waals surface area contributed by atoms with Crippen molar-refractivity contribution in [3.05, 3.63) is 67.3 Å². The third-order valence-corrected chi connectivity index (χ3v) is 5.21. The van der Waals surface area contributed by atoms with E-state index in [9.17, 15) is 0 Å². The summed E-state index contributed by atoms with van der Waals surface area (Å²) >= 11 is 1.80. The first-order chi connectivity index (χ1) is 11.4. The summed E-state index contributed by atoms with van der Waals surface area (Å²) in [5, 5.41) is 3.49. The molecule has 0 radical (unpaired) electrons. The zero-order valence-corrected chi connectivity index (χ0v) is 12.9. The zero-order valence-electron chi connectivity index (χ0n) is 12.1. The third-order valence-electron chi connectivity index (χ3n) is 4.08. The van der Waals surface area contributed by atoms with Gasteiger partial charge in [-0.2, -0.15) is 0 Å². The van der Waals surface area contributed by atoms with Gasteiger partial charge in [0, 0.05) is 43.5 Å². The molecule has 108 valence electrons. The summed E-state index contributed by atoms with van der Waals surface area (Å²) in [5.41, 5.74) is 2.99. The van der Waals surface area contributed by atoms with E-state index in [1.807, 2.05) is 24.5 Å². The van der Waals surface area contributed by atoms with Crippen LogP contribution in [0.3, 0.4) is 0 Å². The van der Waals surface area contributed by atoms with Gasteiger partial charge < -0.3 is 0 Å². The summed E-state index contributed by atoms with van der Waals surface area (Å²) in [7, 11) is 0. The topological polar surface area (TPSA) is 38.7 Å². The predicted octanol–water partition coefficient (Wildman–Crippen LogP) is 5.06. The number of rotatable bonds is 1. The van der Waals surface area contributed by atoms with Gasteiger partial charge in [0.1, 0.15) is 6.33 Å². The molecule has 4 heteroatoms. The third kappa shape index (κ3) is 1.85. The molecule has 0 aliphatic heterocycles. The van der Waals surface area contributed by atoms with E-state index in [0.717, 1.165) is 22.2 Å². The molecule has 2 aromatic carbocycles. The lowest BCUT2D eigenvalue weighted by Gasteiger charge is -2.06. The van der Waals surface area contributed by atoms with Crippen molar-refractivity contribution in [3.8, 4) is 11.3 Å². The van der Waals surface area contributed by atoms with Gasteiger partial charge >= 0.3 is 0 Å². The number of hydrogen-bond donors (Lipinski definition) is 0. The van der Waals surface area contributed by atoms with Crippen LogP contribution in [0.2, 0.25) is 0 Å². The molecule has 0 N–H and O–H groups in total. The largest absolute Gasteiger partial charge is 0.255 e. The number of thiophene rings is 1. The highest BCUT2D eigenvalue weighted by Gasteiger charge is 2.14. The molecule has 0 amide bonds. The molecular weight excluding hydrogens is 302 g/mol. The zero-order chi connectivity index (χ0) is 15.2. The second kappa shape index (κ2) is 4.83. The van der Waals surface area contributed by atoms with Gasteiger partial charge in [-0.05, 0) is 12.1 Å². The fraction of sp³-hybridized carbons (Fsp3) is 0. The molecule has 3 nitrogen and oxygen atoms in total. The molecule has 23 heavy (non-hydrogen) atoms. The molecule has 5 aromatic rings. The fourth-order valence-electron chi connectivity index (χ4n) is 3.08. The highest BCUT2D eigenvalue weighted by Crippen LogP contribution is 2.39. The summed E-state index contributed by atoms with van der Waals surface area (Å²) in [6, 6.07) is 16.7. The highest BCUT2D eigenvalue weighted by molar-refractivity contribution is 7.25. The van der Waals surface area contributed by atoms with Crippen molar-refractivity contribution in [2.75, 3.05) is 0 Å². The van der Waals surface area contributed by atoms with Gasteiger partial charge in [0.25, 0.3) is 0 Å². The van der Waals surface area contributed by atoms with Gasteiger partial charge in [0.15, 0.2) is 0 Å². The standard InChI is InChI=1S/C19H11N3S/c1-2-7-15-13(5-1)17-16(23-15)8-9-21-19(17)14-6-3-4-12-10-20-11-22-18(12)14/h1-11H. The molecule has 3 heterocycles. The van der Waals surface area contributed by atoms with Crippen LogP contribution in [0.5, 0.6) is 0 Å². The Labute approximate surface area is 136 Å². The van der Waals surface area contributed by atoms with Gasteiger partial charge in [-0.15, -0.1) is 11.3 Å². The van der Waals surface area contributed by atoms with Crippen molar-refractivity contribution in [3.63, 3.8) is 0 Å². The quantitative estimate of drug-likeness (QED) is 0.434. The minimum atomic E-state index is 0.942. The van der Waals surface area contributed by atoms with Crippen molar-refractivity contribution in [2.45, 2.75) is 0 Å². The van der Waals surface area contributed by atoms with Crippen molar-refractivity contribution in [1.82, 2.24) is 15.0 Å². The van der Waals surface area contributed by atoms with E-state index in [-0.39, 0.29) is 0 Å². The monoisotopic (exact) mass is 313 g/mol. The highest BCUT2D eigenvalue weighted by atomic mass is 32.1. The molecule has 3 aromatic heterocycles. The molecule has 0 fully saturated rings. The first-order valence-corrected chi connectivity index (χ1v) is 8.19. The molecule has 0 unspecified atom stereocenters. The van der Waals surface area contributed by atoms with Crippen LogP contribution in [0.15, 0.2) is 67.3 Å². The van der Waals surface area contributed by atoms with Crippen LogP contribution >= 0.6 is 11.3 Å². The van der Waals surface area contributed by atoms with E-state index >= 15 is 0 Å². The van der Waals surface area contributed by atoms with E-state index in [2.05, 4.69) is 46.4 Å². The second-order valence-electron chi connectivity index (χ2n) is 5.40. The van der Waals surface area contributed by atoms with E-state index in [1.54, 1.807) is 17.7 Å². The minimum Gasteiger partial charge on any atom is -0.255 e. The summed E-state index contributed by atoms with van der Waals surface area (Å²) < 4.78 is 2.54. The van der Waals surface area contributed by atoms with E-state index in [0.29, 0.717) is 0 Å². The first-order valence-electron chi connectivity index (χ1n) is 7.37. The van der Waals surface area contributed by atoms with Gasteiger partial charge in [-0.1, -0.05) is 36.4 Å². The lowest BCUT2D eigenvalue weighted by molar-refractivity contribution is 1.22. The number of para-hydroxylation sites is 1. The lowest BCUT2D eigenvalue weighted by Crippen LogP contribution is -1.89. The Morgan fingerprint density at radius 2 is 1.78 bits per heavy atom. The number of hydrogen-bond acceptors (Lipinski definition) is 4. The maximum Gasteiger partial charge on any atom is 0.116 e. The number of nitrogens with zero attached hydrogens (tertiary/aromatic N) is 3. The molecular formula is C19H11N3S. The lowest BCUT2D eigenvalue weighted by atomic mass is 10.0. The SMILES string of the molecule is c1cc(-c2nccc3sc4ccccc4c23)c2ncncc2c1. The molecule has 0 saturated carbocycles. The molecule has 0 aliphatic carbocycles. The molecule has 0 aliphatic rings. The average molecular weight is 313 g/mol. The molecule has 5 rings (SSSR count). The minimum absolute atomic E-state index is 0.942. The maximum absolute atomic E-state index is 4.70. The van der Waals surface area contributed by atoms with Gasteiger partial charge in [-0.3, -0.25) is 4.98 Å². The van der Waals surface area contributed by atoms with E-state index in [4.69, 9.17) is 4.98 Å². The molecule has 0 bridgehead atoms. The number of fused-ring (bicyclic) bond motifs is 4. The Bertz CT molecular complexity index is 1170. The van der Waals surface area contributed by atoms with Crippen LogP contribution in [-0.2, 0) is 0 Å². The molecule has 0 saturated heterocycles. The maximum atomic E-state index is 4.70. The first kappa shape index (κ1) is 12.7. The normalized spacial score (nSPS) is 11.5. The summed E-state index contributed by atoms with van der Waals surface area (Å²) in [4.78, 5) is 13.3. The van der Waals surface area contributed by atoms with Gasteiger partial charge in [0.05, 0.1) is 11.2 Å². The smallest absolute Gasteiger partial charge is 0.116 e. The van der Waals surface area contributed by atoms with Gasteiger partial charge in [0.2, 0.25) is 0 Å². The second-order valence-corrected chi connectivity index (χ2v) is 6.48. The number of pyridine rings is 1. The van der Waals surface area contributed by atoms with Crippen molar-refractivity contribution in [2.24, 2.45) is 0 Å². The Morgan fingerprint density at radius 3 is 2.78 bits per heavy atom. The van der Waals surface area contributed by atoms with Crippen LogP contribution in [-0.4, -0.2) is 15.0 Å². The van der Waals surface area contributed by atoms with E-state index in [1.165, 1.54) is 20.2 Å². The van der Waals surface area contributed by atoms with Crippen LogP contribution in [0.1, 0.15) is 0 Å². The Balaban J connectivity index is 1.96. The Kier molecular flexibility index (Phi) is 2.66. The fourth-order valence-corrected chi connectivity index (χ4v) is 4.18. The predicted molar refractivity (Wildman–Crippen MR) is 95.7 cm³/mol. The summed E-state index contributed by atoms with van der Waals surface area (Å²) in [6.07, 6.45) is 5.32. The number of aromatic nitrogens is 3. The average Bonchev–Trinajstić information content (AvgIpc) is 3.00. The van der Waals surface area contributed by atoms with Crippen molar-refractivity contribution >= 4 is 42.4 Å². The summed E-state index contributed by atoms with van der Waals surface area (Å²) in [6.45, 7) is 0. The Morgan fingerprint density at radius 1 is 0.826 bits per heavy atom. The van der Waals surface area contributed by atoms with Crippen molar-refractivity contribution in [1.29, 1.82) is 0 Å². The van der Waals surface area contributed by atoms with Crippen LogP contribution in [0, 0.1) is 0 Å². The van der Waals surface area contributed by atoms with Crippen LogP contribution in [0.4, 0.5) is 0 Å². The van der Waals surface area contributed by atoms with Crippen LogP contribution in [0.25, 0.3) is 42.3 Å². The van der Waals surface area contributed by atoms with Gasteiger partial charge in [-0.25, -0.2) is 9.97 Å². The number of benzene rings is 2. The Hall–Kier alpha value is -2.85. The molecule has 0 spiro atoms. The molecule has 0 atom stereocenters. The van der Waals surface area contributed by atoms with E-state index < -0.39 is 0 Å². The van der Waals surface area contributed by atoms with Crippen molar-refractivity contribution < 1.29 is 0 Å². The summed E-state index contributed by atoms with van der Waals surface area (Å²) in [5.74, 6) is 0. The van der Waals surface area contributed by atoms with Crippen LogP contribution < -0.4 is 0 Å².